The number of carboxylic acids is 1. The summed E-state index contributed by atoms with van der Waals surface area (Å²) >= 11 is 4.70. The third-order valence-electron chi connectivity index (χ3n) is 2.28. The van der Waals surface area contributed by atoms with E-state index < -0.39 is 12.0 Å². The van der Waals surface area contributed by atoms with Gasteiger partial charge < -0.3 is 10.8 Å². The Bertz CT molecular complexity index is 594. The molecule has 0 radical (unpaired) electrons. The SMILES string of the molecule is NC(CSc1ncnc2ccc(Br)cc12)C(=O)O. The van der Waals surface area contributed by atoms with Gasteiger partial charge in [0.2, 0.25) is 0 Å². The quantitative estimate of drug-likeness (QED) is 0.658. The fourth-order valence-corrected chi connectivity index (χ4v) is 2.64. The van der Waals surface area contributed by atoms with Crippen molar-refractivity contribution in [1.29, 1.82) is 0 Å². The molecule has 0 fully saturated rings. The lowest BCUT2D eigenvalue weighted by Gasteiger charge is -2.07. The first-order chi connectivity index (χ1) is 8.58. The van der Waals surface area contributed by atoms with Gasteiger partial charge in [-0.25, -0.2) is 9.97 Å². The van der Waals surface area contributed by atoms with E-state index in [-0.39, 0.29) is 5.75 Å². The summed E-state index contributed by atoms with van der Waals surface area (Å²) in [5, 5.41) is 10.4. The van der Waals surface area contributed by atoms with E-state index in [0.717, 1.165) is 20.4 Å². The first-order valence-corrected chi connectivity index (χ1v) is 6.87. The van der Waals surface area contributed by atoms with Gasteiger partial charge in [0, 0.05) is 15.6 Å². The number of rotatable bonds is 4. The summed E-state index contributed by atoms with van der Waals surface area (Å²) in [4.78, 5) is 19.0. The molecule has 1 heterocycles. The van der Waals surface area contributed by atoms with Crippen LogP contribution in [-0.2, 0) is 4.79 Å². The second-order valence-corrected chi connectivity index (χ2v) is 5.52. The van der Waals surface area contributed by atoms with Crippen LogP contribution in [0.25, 0.3) is 10.9 Å². The summed E-state index contributed by atoms with van der Waals surface area (Å²) in [6.07, 6.45) is 1.46. The lowest BCUT2D eigenvalue weighted by atomic mass is 10.2. The molecule has 1 aromatic heterocycles. The molecule has 0 saturated carbocycles. The maximum Gasteiger partial charge on any atom is 0.321 e. The number of thioether (sulfide) groups is 1. The number of hydrogen-bond donors (Lipinski definition) is 2. The number of nitrogens with zero attached hydrogens (tertiary/aromatic N) is 2. The van der Waals surface area contributed by atoms with Gasteiger partial charge in [0.05, 0.1) is 5.52 Å². The Labute approximate surface area is 116 Å². The normalized spacial score (nSPS) is 12.6. The van der Waals surface area contributed by atoms with Gasteiger partial charge in [0.15, 0.2) is 0 Å². The molecular weight excluding hydrogens is 318 g/mol. The molecule has 1 atom stereocenters. The predicted molar refractivity (Wildman–Crippen MR) is 73.6 cm³/mol. The molecule has 7 heteroatoms. The molecule has 1 aromatic carbocycles. The Hall–Kier alpha value is -1.18. The Kier molecular flexibility index (Phi) is 4.15. The van der Waals surface area contributed by atoms with Gasteiger partial charge >= 0.3 is 5.97 Å². The molecular formula is C11H10BrN3O2S. The highest BCUT2D eigenvalue weighted by atomic mass is 79.9. The highest BCUT2D eigenvalue weighted by Crippen LogP contribution is 2.27. The van der Waals surface area contributed by atoms with Crippen LogP contribution in [0.4, 0.5) is 0 Å². The summed E-state index contributed by atoms with van der Waals surface area (Å²) in [6.45, 7) is 0. The van der Waals surface area contributed by atoms with E-state index in [2.05, 4.69) is 25.9 Å². The van der Waals surface area contributed by atoms with E-state index >= 15 is 0 Å². The van der Waals surface area contributed by atoms with E-state index in [1.54, 1.807) is 0 Å². The van der Waals surface area contributed by atoms with Gasteiger partial charge in [-0.15, -0.1) is 11.8 Å². The minimum Gasteiger partial charge on any atom is -0.480 e. The summed E-state index contributed by atoms with van der Waals surface area (Å²) in [7, 11) is 0. The van der Waals surface area contributed by atoms with Crippen molar-refractivity contribution in [1.82, 2.24) is 9.97 Å². The van der Waals surface area contributed by atoms with Crippen molar-refractivity contribution in [3.8, 4) is 0 Å². The minimum absolute atomic E-state index is 0.272. The minimum atomic E-state index is -1.01. The number of carbonyl (C=O) groups is 1. The topological polar surface area (TPSA) is 89.1 Å². The molecule has 0 amide bonds. The molecule has 2 rings (SSSR count). The molecule has 0 aliphatic heterocycles. The monoisotopic (exact) mass is 327 g/mol. The van der Waals surface area contributed by atoms with Crippen LogP contribution in [0.15, 0.2) is 34.0 Å². The van der Waals surface area contributed by atoms with Gasteiger partial charge in [-0.05, 0) is 18.2 Å². The smallest absolute Gasteiger partial charge is 0.321 e. The van der Waals surface area contributed by atoms with Crippen LogP contribution in [0, 0.1) is 0 Å². The van der Waals surface area contributed by atoms with Crippen LogP contribution in [0.1, 0.15) is 0 Å². The summed E-state index contributed by atoms with van der Waals surface area (Å²) in [5.74, 6) is -0.740. The second kappa shape index (κ2) is 5.64. The van der Waals surface area contributed by atoms with Crippen LogP contribution in [0.3, 0.4) is 0 Å². The van der Waals surface area contributed by atoms with Crippen LogP contribution in [0.5, 0.6) is 0 Å². The number of hydrogen-bond acceptors (Lipinski definition) is 5. The highest BCUT2D eigenvalue weighted by molar-refractivity contribution is 9.10. The van der Waals surface area contributed by atoms with Gasteiger partial charge in [-0.2, -0.15) is 0 Å². The lowest BCUT2D eigenvalue weighted by Crippen LogP contribution is -2.32. The van der Waals surface area contributed by atoms with E-state index in [0.29, 0.717) is 0 Å². The first kappa shape index (κ1) is 13.3. The van der Waals surface area contributed by atoms with Crippen molar-refractivity contribution < 1.29 is 9.90 Å². The van der Waals surface area contributed by atoms with E-state index in [4.69, 9.17) is 10.8 Å². The average molecular weight is 328 g/mol. The zero-order chi connectivity index (χ0) is 13.1. The van der Waals surface area contributed by atoms with Crippen molar-refractivity contribution in [2.75, 3.05) is 5.75 Å². The Morgan fingerprint density at radius 1 is 1.50 bits per heavy atom. The van der Waals surface area contributed by atoms with Gasteiger partial charge in [-0.1, -0.05) is 15.9 Å². The van der Waals surface area contributed by atoms with Crippen LogP contribution in [-0.4, -0.2) is 32.8 Å². The number of halogens is 1. The van der Waals surface area contributed by atoms with Crippen LogP contribution >= 0.6 is 27.7 Å². The second-order valence-electron chi connectivity index (χ2n) is 3.60. The third kappa shape index (κ3) is 2.98. The summed E-state index contributed by atoms with van der Waals surface area (Å²) in [5.41, 5.74) is 6.28. The first-order valence-electron chi connectivity index (χ1n) is 5.09. The largest absolute Gasteiger partial charge is 0.480 e. The molecule has 0 aliphatic rings. The van der Waals surface area contributed by atoms with Crippen molar-refractivity contribution in [2.45, 2.75) is 11.1 Å². The molecule has 2 aromatic rings. The van der Waals surface area contributed by atoms with Crippen molar-refractivity contribution in [3.05, 3.63) is 29.0 Å². The maximum absolute atomic E-state index is 10.7. The zero-order valence-corrected chi connectivity index (χ0v) is 11.6. The Morgan fingerprint density at radius 3 is 3.00 bits per heavy atom. The molecule has 94 valence electrons. The molecule has 5 nitrogen and oxygen atoms in total. The predicted octanol–water partition coefficient (Wildman–Crippen LogP) is 1.90. The molecule has 1 unspecified atom stereocenters. The fraction of sp³-hybridized carbons (Fsp3) is 0.182. The third-order valence-corrected chi connectivity index (χ3v) is 3.90. The summed E-state index contributed by atoms with van der Waals surface area (Å²) < 4.78 is 0.925. The average Bonchev–Trinajstić information content (AvgIpc) is 2.35. The van der Waals surface area contributed by atoms with Crippen molar-refractivity contribution in [3.63, 3.8) is 0 Å². The van der Waals surface area contributed by atoms with Crippen molar-refractivity contribution >= 4 is 44.6 Å². The number of nitrogens with two attached hydrogens (primary N) is 1. The van der Waals surface area contributed by atoms with Crippen LogP contribution < -0.4 is 5.73 Å². The number of carboxylic acid groups (broad SMARTS) is 1. The zero-order valence-electron chi connectivity index (χ0n) is 9.21. The number of benzene rings is 1. The molecule has 0 saturated heterocycles. The molecule has 0 aliphatic carbocycles. The van der Waals surface area contributed by atoms with Crippen LogP contribution in [0.2, 0.25) is 0 Å². The molecule has 3 N–H and O–H groups in total. The number of fused-ring (bicyclic) bond motifs is 1. The van der Waals surface area contributed by atoms with E-state index in [9.17, 15) is 4.79 Å². The highest BCUT2D eigenvalue weighted by Gasteiger charge is 2.13. The molecule has 18 heavy (non-hydrogen) atoms. The molecule has 0 bridgehead atoms. The lowest BCUT2D eigenvalue weighted by molar-refractivity contribution is -0.137. The Morgan fingerprint density at radius 2 is 2.28 bits per heavy atom. The van der Waals surface area contributed by atoms with Gasteiger partial charge in [0.1, 0.15) is 17.4 Å². The van der Waals surface area contributed by atoms with Gasteiger partial charge in [0.25, 0.3) is 0 Å². The number of aliphatic carboxylic acids is 1. The van der Waals surface area contributed by atoms with Crippen molar-refractivity contribution in [2.24, 2.45) is 5.73 Å². The Balaban J connectivity index is 2.27. The summed E-state index contributed by atoms with van der Waals surface area (Å²) in [6, 6.07) is 4.78. The van der Waals surface area contributed by atoms with Gasteiger partial charge in [-0.3, -0.25) is 4.79 Å². The molecule has 0 spiro atoms. The standard InChI is InChI=1S/C11H10BrN3O2S/c12-6-1-2-9-7(3-6)10(15-5-14-9)18-4-8(13)11(16)17/h1-3,5,8H,4,13H2,(H,16,17). The maximum atomic E-state index is 10.7. The number of aromatic nitrogens is 2. The van der Waals surface area contributed by atoms with E-state index in [1.165, 1.54) is 18.1 Å². The van der Waals surface area contributed by atoms with E-state index in [1.807, 2.05) is 18.2 Å². The fourth-order valence-electron chi connectivity index (χ4n) is 1.36.